The van der Waals surface area contributed by atoms with Gasteiger partial charge >= 0.3 is 5.82 Å². The number of hydrogen-bond donors (Lipinski definition) is 1. The van der Waals surface area contributed by atoms with Crippen LogP contribution in [-0.4, -0.2) is 41.0 Å². The molecule has 0 spiro atoms. The molecule has 0 saturated carbocycles. The standard InChI is InChI=1S/C11H16N4O2/c1-14-7-4-9(5-8-14)13-10-3-2-6-12-11(10)15(16)17/h2-3,6,9,13H,4-5,7-8H2,1H3. The molecule has 0 radical (unpaired) electrons. The van der Waals surface area contributed by atoms with Gasteiger partial charge < -0.3 is 20.3 Å². The number of anilines is 1. The summed E-state index contributed by atoms with van der Waals surface area (Å²) in [6.07, 6.45) is 3.45. The summed E-state index contributed by atoms with van der Waals surface area (Å²) in [6, 6.07) is 3.72. The van der Waals surface area contributed by atoms with Gasteiger partial charge in [-0.25, -0.2) is 0 Å². The minimum atomic E-state index is -0.447. The molecule has 0 bridgehead atoms. The quantitative estimate of drug-likeness (QED) is 0.636. The van der Waals surface area contributed by atoms with Crippen molar-refractivity contribution in [3.8, 4) is 0 Å². The van der Waals surface area contributed by atoms with Gasteiger partial charge in [0, 0.05) is 6.04 Å². The van der Waals surface area contributed by atoms with Crippen molar-refractivity contribution in [3.05, 3.63) is 28.4 Å². The molecule has 1 aromatic rings. The predicted octanol–water partition coefficient (Wildman–Crippen LogP) is 1.50. The number of piperidine rings is 1. The molecule has 17 heavy (non-hydrogen) atoms. The van der Waals surface area contributed by atoms with Crippen LogP contribution in [0.4, 0.5) is 11.5 Å². The van der Waals surface area contributed by atoms with Gasteiger partial charge in [0.15, 0.2) is 0 Å². The number of aromatic nitrogens is 1. The van der Waals surface area contributed by atoms with Crippen LogP contribution in [0.2, 0.25) is 0 Å². The number of likely N-dealkylation sites (tertiary alicyclic amines) is 1. The zero-order valence-electron chi connectivity index (χ0n) is 9.80. The Labute approximate surface area is 99.8 Å². The Morgan fingerprint density at radius 2 is 2.24 bits per heavy atom. The van der Waals surface area contributed by atoms with E-state index in [1.165, 1.54) is 6.20 Å². The molecule has 2 heterocycles. The van der Waals surface area contributed by atoms with Crippen molar-refractivity contribution in [2.75, 3.05) is 25.5 Å². The second-order valence-corrected chi connectivity index (χ2v) is 4.35. The lowest BCUT2D eigenvalue weighted by Crippen LogP contribution is -2.36. The summed E-state index contributed by atoms with van der Waals surface area (Å²) < 4.78 is 0. The summed E-state index contributed by atoms with van der Waals surface area (Å²) in [5, 5.41) is 14.0. The van der Waals surface area contributed by atoms with E-state index in [4.69, 9.17) is 0 Å². The topological polar surface area (TPSA) is 71.3 Å². The van der Waals surface area contributed by atoms with Gasteiger partial charge in [-0.15, -0.1) is 0 Å². The normalized spacial score (nSPS) is 17.9. The lowest BCUT2D eigenvalue weighted by molar-refractivity contribution is -0.388. The Hall–Kier alpha value is -1.69. The molecule has 2 rings (SSSR count). The van der Waals surface area contributed by atoms with E-state index in [1.807, 2.05) is 0 Å². The van der Waals surface area contributed by atoms with Gasteiger partial charge in [-0.3, -0.25) is 0 Å². The highest BCUT2D eigenvalue weighted by molar-refractivity contribution is 5.57. The Kier molecular flexibility index (Phi) is 3.53. The maximum Gasteiger partial charge on any atom is 0.386 e. The number of rotatable bonds is 3. The monoisotopic (exact) mass is 236 g/mol. The van der Waals surface area contributed by atoms with Gasteiger partial charge in [0.1, 0.15) is 11.9 Å². The summed E-state index contributed by atoms with van der Waals surface area (Å²) >= 11 is 0. The van der Waals surface area contributed by atoms with Gasteiger partial charge in [0.2, 0.25) is 0 Å². The molecule has 1 aromatic heterocycles. The minimum absolute atomic E-state index is 0.0913. The largest absolute Gasteiger partial charge is 0.386 e. The lowest BCUT2D eigenvalue weighted by atomic mass is 10.1. The summed E-state index contributed by atoms with van der Waals surface area (Å²) in [7, 11) is 2.09. The molecule has 1 aliphatic heterocycles. The van der Waals surface area contributed by atoms with Crippen molar-refractivity contribution in [1.82, 2.24) is 9.88 Å². The Morgan fingerprint density at radius 3 is 2.88 bits per heavy atom. The van der Waals surface area contributed by atoms with Gasteiger partial charge in [0.25, 0.3) is 0 Å². The zero-order chi connectivity index (χ0) is 12.3. The lowest BCUT2D eigenvalue weighted by Gasteiger charge is -2.29. The first-order valence-corrected chi connectivity index (χ1v) is 5.71. The Balaban J connectivity index is 2.05. The summed E-state index contributed by atoms with van der Waals surface area (Å²) in [5.74, 6) is -0.0913. The van der Waals surface area contributed by atoms with Crippen molar-refractivity contribution < 1.29 is 4.92 Å². The van der Waals surface area contributed by atoms with Crippen molar-refractivity contribution in [2.24, 2.45) is 0 Å². The van der Waals surface area contributed by atoms with Crippen LogP contribution in [0.15, 0.2) is 18.3 Å². The van der Waals surface area contributed by atoms with E-state index in [0.29, 0.717) is 11.7 Å². The molecule has 0 atom stereocenters. The average molecular weight is 236 g/mol. The molecule has 1 N–H and O–H groups in total. The number of pyridine rings is 1. The molecule has 6 heteroatoms. The second kappa shape index (κ2) is 5.09. The number of nitrogens with one attached hydrogen (secondary N) is 1. The third kappa shape index (κ3) is 2.91. The van der Waals surface area contributed by atoms with Crippen LogP contribution < -0.4 is 5.32 Å². The van der Waals surface area contributed by atoms with E-state index in [1.54, 1.807) is 12.1 Å². The van der Waals surface area contributed by atoms with Gasteiger partial charge in [-0.2, -0.15) is 0 Å². The van der Waals surface area contributed by atoms with Crippen LogP contribution >= 0.6 is 0 Å². The first-order valence-electron chi connectivity index (χ1n) is 5.71. The van der Waals surface area contributed by atoms with Crippen molar-refractivity contribution in [2.45, 2.75) is 18.9 Å². The Bertz CT molecular complexity index is 402. The highest BCUT2D eigenvalue weighted by Gasteiger charge is 2.20. The maximum atomic E-state index is 10.8. The third-order valence-corrected chi connectivity index (χ3v) is 3.04. The molecule has 0 aliphatic carbocycles. The molecule has 0 amide bonds. The van der Waals surface area contributed by atoms with E-state index in [9.17, 15) is 10.1 Å². The smallest absolute Gasteiger partial charge is 0.375 e. The molecular formula is C11H16N4O2. The molecule has 1 fully saturated rings. The second-order valence-electron chi connectivity index (χ2n) is 4.35. The fourth-order valence-electron chi connectivity index (χ4n) is 2.03. The highest BCUT2D eigenvalue weighted by atomic mass is 16.6. The van der Waals surface area contributed by atoms with E-state index in [0.717, 1.165) is 25.9 Å². The van der Waals surface area contributed by atoms with Crippen molar-refractivity contribution in [1.29, 1.82) is 0 Å². The fraction of sp³-hybridized carbons (Fsp3) is 0.545. The minimum Gasteiger partial charge on any atom is -0.375 e. The summed E-state index contributed by atoms with van der Waals surface area (Å²) in [5.41, 5.74) is 0.520. The summed E-state index contributed by atoms with van der Waals surface area (Å²) in [6.45, 7) is 2.04. The first kappa shape index (κ1) is 11.8. The van der Waals surface area contributed by atoms with Crippen LogP contribution in [0.3, 0.4) is 0 Å². The predicted molar refractivity (Wildman–Crippen MR) is 65.0 cm³/mol. The molecule has 0 unspecified atom stereocenters. The number of nitrogens with zero attached hydrogens (tertiary/aromatic N) is 3. The van der Waals surface area contributed by atoms with Crippen LogP contribution in [0.5, 0.6) is 0 Å². The summed E-state index contributed by atoms with van der Waals surface area (Å²) in [4.78, 5) is 16.4. The van der Waals surface area contributed by atoms with Crippen LogP contribution in [0.1, 0.15) is 12.8 Å². The van der Waals surface area contributed by atoms with Crippen molar-refractivity contribution in [3.63, 3.8) is 0 Å². The highest BCUT2D eigenvalue weighted by Crippen LogP contribution is 2.23. The van der Waals surface area contributed by atoms with Gasteiger partial charge in [-0.05, 0) is 55.0 Å². The number of nitro groups is 1. The van der Waals surface area contributed by atoms with Crippen LogP contribution in [0, 0.1) is 10.1 Å². The molecule has 0 aromatic carbocycles. The molecule has 92 valence electrons. The van der Waals surface area contributed by atoms with E-state index in [2.05, 4.69) is 22.2 Å². The maximum absolute atomic E-state index is 10.8. The van der Waals surface area contributed by atoms with E-state index in [-0.39, 0.29) is 5.82 Å². The van der Waals surface area contributed by atoms with E-state index < -0.39 is 4.92 Å². The SMILES string of the molecule is CN1CCC(Nc2cccnc2[N+](=O)[O-])CC1. The van der Waals surface area contributed by atoms with Gasteiger partial charge in [0.05, 0.1) is 0 Å². The van der Waals surface area contributed by atoms with Crippen LogP contribution in [-0.2, 0) is 0 Å². The zero-order valence-corrected chi connectivity index (χ0v) is 9.80. The average Bonchev–Trinajstić information content (AvgIpc) is 2.32. The third-order valence-electron chi connectivity index (χ3n) is 3.04. The molecule has 1 aliphatic rings. The van der Waals surface area contributed by atoms with Crippen molar-refractivity contribution >= 4 is 11.5 Å². The number of hydrogen-bond acceptors (Lipinski definition) is 5. The molecule has 1 saturated heterocycles. The van der Waals surface area contributed by atoms with Crippen LogP contribution in [0.25, 0.3) is 0 Å². The fourth-order valence-corrected chi connectivity index (χ4v) is 2.03. The van der Waals surface area contributed by atoms with E-state index >= 15 is 0 Å². The first-order chi connectivity index (χ1) is 8.16. The van der Waals surface area contributed by atoms with Gasteiger partial charge in [-0.1, -0.05) is 0 Å². The Morgan fingerprint density at radius 1 is 1.53 bits per heavy atom. The molecule has 6 nitrogen and oxygen atoms in total. The molecular weight excluding hydrogens is 220 g/mol.